The summed E-state index contributed by atoms with van der Waals surface area (Å²) >= 11 is 0. The fourth-order valence-electron chi connectivity index (χ4n) is 3.14. The average Bonchev–Trinajstić information content (AvgIpc) is 3.03. The molecule has 98 valence electrons. The van der Waals surface area contributed by atoms with Gasteiger partial charge in [-0.1, -0.05) is 60.7 Å². The van der Waals surface area contributed by atoms with Crippen molar-refractivity contribution in [2.45, 2.75) is 31.3 Å². The van der Waals surface area contributed by atoms with Crippen LogP contribution >= 0.6 is 0 Å². The van der Waals surface area contributed by atoms with Crippen molar-refractivity contribution in [3.8, 4) is 0 Å². The zero-order valence-corrected chi connectivity index (χ0v) is 11.4. The van der Waals surface area contributed by atoms with Gasteiger partial charge in [-0.2, -0.15) is 0 Å². The minimum absolute atomic E-state index is 0.0565. The zero-order valence-electron chi connectivity index (χ0n) is 11.4. The van der Waals surface area contributed by atoms with Crippen LogP contribution in [0.1, 0.15) is 30.9 Å². The van der Waals surface area contributed by atoms with E-state index in [2.05, 4.69) is 67.6 Å². The molecule has 0 spiro atoms. The van der Waals surface area contributed by atoms with Gasteiger partial charge in [0, 0.05) is 12.0 Å². The molecule has 0 aliphatic carbocycles. The van der Waals surface area contributed by atoms with Gasteiger partial charge in [0.05, 0.1) is 6.10 Å². The van der Waals surface area contributed by atoms with Crippen LogP contribution in [0.25, 0.3) is 0 Å². The summed E-state index contributed by atoms with van der Waals surface area (Å²) < 4.78 is 6.03. The number of hydrogen-bond donors (Lipinski definition) is 0. The predicted octanol–water partition coefficient (Wildman–Crippen LogP) is 4.17. The van der Waals surface area contributed by atoms with E-state index in [1.165, 1.54) is 17.5 Å². The first kappa shape index (κ1) is 12.4. The van der Waals surface area contributed by atoms with Gasteiger partial charge < -0.3 is 4.74 Å². The van der Waals surface area contributed by atoms with Gasteiger partial charge in [0.15, 0.2) is 0 Å². The molecule has 0 amide bonds. The largest absolute Gasteiger partial charge is 0.377 e. The molecule has 0 saturated carbocycles. The van der Waals surface area contributed by atoms with Gasteiger partial charge in [-0.25, -0.2) is 0 Å². The van der Waals surface area contributed by atoms with Gasteiger partial charge in [-0.05, 0) is 30.9 Å². The maximum atomic E-state index is 6.03. The van der Waals surface area contributed by atoms with Gasteiger partial charge in [0.2, 0.25) is 0 Å². The third kappa shape index (κ3) is 2.19. The highest BCUT2D eigenvalue weighted by atomic mass is 16.5. The Kier molecular flexibility index (Phi) is 3.39. The van der Waals surface area contributed by atoms with Gasteiger partial charge in [-0.3, -0.25) is 0 Å². The SMILES string of the molecule is CC(c1ccccc1)(c1ccccc1)C1CCCO1. The fraction of sp³-hybridized carbons (Fsp3) is 0.333. The molecule has 1 aliphatic rings. The summed E-state index contributed by atoms with van der Waals surface area (Å²) in [6.45, 7) is 3.20. The van der Waals surface area contributed by atoms with E-state index < -0.39 is 0 Å². The molecular formula is C18H20O. The van der Waals surface area contributed by atoms with Gasteiger partial charge >= 0.3 is 0 Å². The van der Waals surface area contributed by atoms with Crippen molar-refractivity contribution in [2.75, 3.05) is 6.61 Å². The van der Waals surface area contributed by atoms with Crippen molar-refractivity contribution in [2.24, 2.45) is 0 Å². The molecule has 0 bridgehead atoms. The minimum atomic E-state index is -0.0565. The van der Waals surface area contributed by atoms with Crippen LogP contribution in [0.5, 0.6) is 0 Å². The first-order chi connectivity index (χ1) is 9.32. The van der Waals surface area contributed by atoms with Crippen LogP contribution < -0.4 is 0 Å². The molecule has 1 heteroatoms. The Hall–Kier alpha value is -1.60. The van der Waals surface area contributed by atoms with Crippen LogP contribution in [0, 0.1) is 0 Å². The van der Waals surface area contributed by atoms with Gasteiger partial charge in [-0.15, -0.1) is 0 Å². The first-order valence-electron chi connectivity index (χ1n) is 7.04. The summed E-state index contributed by atoms with van der Waals surface area (Å²) in [6, 6.07) is 21.5. The van der Waals surface area contributed by atoms with Gasteiger partial charge in [0.1, 0.15) is 0 Å². The van der Waals surface area contributed by atoms with E-state index in [1.54, 1.807) is 0 Å². The smallest absolute Gasteiger partial charge is 0.0710 e. The monoisotopic (exact) mass is 252 g/mol. The molecule has 1 fully saturated rings. The Morgan fingerprint density at radius 1 is 0.895 bits per heavy atom. The van der Waals surface area contributed by atoms with Crippen LogP contribution in [0.3, 0.4) is 0 Å². The Morgan fingerprint density at radius 3 is 1.84 bits per heavy atom. The van der Waals surface area contributed by atoms with E-state index in [4.69, 9.17) is 4.74 Å². The summed E-state index contributed by atoms with van der Waals surface area (Å²) in [5.74, 6) is 0. The summed E-state index contributed by atoms with van der Waals surface area (Å²) in [5, 5.41) is 0. The van der Waals surface area contributed by atoms with Crippen molar-refractivity contribution in [1.29, 1.82) is 0 Å². The zero-order chi connectivity index (χ0) is 13.1. The van der Waals surface area contributed by atoms with E-state index >= 15 is 0 Å². The standard InChI is InChI=1S/C18H20O/c1-18(17-13-8-14-19-17,15-9-4-2-5-10-15)16-11-6-3-7-12-16/h2-7,9-12,17H,8,13-14H2,1H3. The molecule has 2 aromatic rings. The number of benzene rings is 2. The van der Waals surface area contributed by atoms with Crippen LogP contribution in [0.15, 0.2) is 60.7 Å². The molecule has 0 N–H and O–H groups in total. The second-order valence-electron chi connectivity index (χ2n) is 5.44. The molecule has 1 heterocycles. The van der Waals surface area contributed by atoms with Crippen LogP contribution in [0.2, 0.25) is 0 Å². The molecule has 0 radical (unpaired) electrons. The average molecular weight is 252 g/mol. The van der Waals surface area contributed by atoms with Crippen molar-refractivity contribution in [3.63, 3.8) is 0 Å². The molecule has 1 aliphatic heterocycles. The highest BCUT2D eigenvalue weighted by molar-refractivity contribution is 5.40. The number of hydrogen-bond acceptors (Lipinski definition) is 1. The molecule has 0 aromatic heterocycles. The molecule has 2 aromatic carbocycles. The molecule has 1 nitrogen and oxygen atoms in total. The van der Waals surface area contributed by atoms with E-state index in [0.717, 1.165) is 13.0 Å². The summed E-state index contributed by atoms with van der Waals surface area (Å²) in [6.07, 6.45) is 2.58. The lowest BCUT2D eigenvalue weighted by Crippen LogP contribution is -2.37. The predicted molar refractivity (Wildman–Crippen MR) is 78.3 cm³/mol. The third-order valence-electron chi connectivity index (χ3n) is 4.32. The minimum Gasteiger partial charge on any atom is -0.377 e. The lowest BCUT2D eigenvalue weighted by Gasteiger charge is -2.36. The highest BCUT2D eigenvalue weighted by Gasteiger charge is 2.39. The Balaban J connectivity index is 2.10. The Bertz CT molecular complexity index is 472. The second kappa shape index (κ2) is 5.18. The maximum Gasteiger partial charge on any atom is 0.0710 e. The van der Waals surface area contributed by atoms with E-state index in [1.807, 2.05) is 0 Å². The summed E-state index contributed by atoms with van der Waals surface area (Å²) in [5.41, 5.74) is 2.63. The first-order valence-corrected chi connectivity index (χ1v) is 7.04. The molecule has 3 rings (SSSR count). The van der Waals surface area contributed by atoms with Crippen molar-refractivity contribution < 1.29 is 4.74 Å². The maximum absolute atomic E-state index is 6.03. The third-order valence-corrected chi connectivity index (χ3v) is 4.32. The molecule has 19 heavy (non-hydrogen) atoms. The van der Waals surface area contributed by atoms with Crippen LogP contribution in [-0.2, 0) is 10.2 Å². The summed E-state index contributed by atoms with van der Waals surface area (Å²) in [7, 11) is 0. The molecular weight excluding hydrogens is 232 g/mol. The summed E-state index contributed by atoms with van der Waals surface area (Å²) in [4.78, 5) is 0. The quantitative estimate of drug-likeness (QED) is 0.796. The van der Waals surface area contributed by atoms with E-state index in [-0.39, 0.29) is 11.5 Å². The van der Waals surface area contributed by atoms with E-state index in [0.29, 0.717) is 0 Å². The van der Waals surface area contributed by atoms with Crippen molar-refractivity contribution in [3.05, 3.63) is 71.8 Å². The molecule has 1 unspecified atom stereocenters. The van der Waals surface area contributed by atoms with Crippen LogP contribution in [0.4, 0.5) is 0 Å². The Labute approximate surface area is 115 Å². The molecule has 1 saturated heterocycles. The lowest BCUT2D eigenvalue weighted by molar-refractivity contribution is 0.0653. The van der Waals surface area contributed by atoms with Crippen molar-refractivity contribution >= 4 is 0 Å². The van der Waals surface area contributed by atoms with Gasteiger partial charge in [0.25, 0.3) is 0 Å². The number of ether oxygens (including phenoxy) is 1. The lowest BCUT2D eigenvalue weighted by atomic mass is 9.71. The Morgan fingerprint density at radius 2 is 1.42 bits per heavy atom. The van der Waals surface area contributed by atoms with Crippen LogP contribution in [-0.4, -0.2) is 12.7 Å². The topological polar surface area (TPSA) is 9.23 Å². The fourth-order valence-corrected chi connectivity index (χ4v) is 3.14. The van der Waals surface area contributed by atoms with Crippen molar-refractivity contribution in [1.82, 2.24) is 0 Å². The highest BCUT2D eigenvalue weighted by Crippen LogP contribution is 2.40. The number of rotatable bonds is 3. The molecule has 1 atom stereocenters. The van der Waals surface area contributed by atoms with E-state index in [9.17, 15) is 0 Å². The normalized spacial score (nSPS) is 19.5. The second-order valence-corrected chi connectivity index (χ2v) is 5.44.